The number of nitrogens with zero attached hydrogens (tertiary/aromatic N) is 7. The van der Waals surface area contributed by atoms with Gasteiger partial charge in [0, 0.05) is 75.8 Å². The number of likely N-dealkylation sites (tertiary alicyclic amines) is 1. The SMILES string of the molecule is O=C1CCC(N2C(=O)c3ccc(OCCCCCCCN4CCN(c5ccc(C(=O)N6CCC[C@@H](Nc7ncnc8[nH]cc(C(=O)c9ccc(Oc%10ccccc%10)cc9Cl)c78)C6)cn5)CC4)cc3C2=O)C(=O)N1. The standard InChI is InChI=1S/C54H55ClN10O8/c55-43-29-38(73-36-11-5-4-6-12-36)15-17-40(43)48(67)42-31-57-49-47(42)50(59-33-58-49)60-35-10-9-22-64(32-35)52(69)34-13-19-45(56-30-34)63-25-23-62(24-26-63)21-7-2-1-3-8-27-72-37-14-16-39-41(28-37)54(71)65(53(39)70)44-18-20-46(66)61-51(44)68/h4-6,11-17,19,28-31,33,35,44H,1-3,7-10,18,20-27,32H2,(H,61,66,68)(H2,57,58,59,60)/t35-,44?/m1/s1. The molecule has 0 spiro atoms. The van der Waals surface area contributed by atoms with Crippen molar-refractivity contribution in [2.24, 2.45) is 0 Å². The van der Waals surface area contributed by atoms with Crippen LogP contribution in [-0.2, 0) is 9.59 Å². The van der Waals surface area contributed by atoms with Gasteiger partial charge in [-0.25, -0.2) is 15.0 Å². The van der Waals surface area contributed by atoms with Crippen molar-refractivity contribution in [3.63, 3.8) is 0 Å². The first-order valence-corrected chi connectivity index (χ1v) is 25.3. The predicted octanol–water partition coefficient (Wildman–Crippen LogP) is 7.30. The number of aromatic amines is 1. The molecule has 73 heavy (non-hydrogen) atoms. The molecule has 0 saturated carbocycles. The summed E-state index contributed by atoms with van der Waals surface area (Å²) in [6.45, 7) is 6.14. The third-order valence-electron chi connectivity index (χ3n) is 13.9. The molecule has 5 amide bonds. The highest BCUT2D eigenvalue weighted by atomic mass is 35.5. The number of benzene rings is 3. The molecule has 4 aliphatic heterocycles. The first-order chi connectivity index (χ1) is 35.6. The van der Waals surface area contributed by atoms with Crippen LogP contribution in [0.25, 0.3) is 11.0 Å². The van der Waals surface area contributed by atoms with Crippen LogP contribution in [-0.4, -0.2) is 134 Å². The van der Waals surface area contributed by atoms with Crippen LogP contribution in [0.1, 0.15) is 105 Å². The molecule has 376 valence electrons. The van der Waals surface area contributed by atoms with Gasteiger partial charge in [-0.3, -0.25) is 43.9 Å². The normalized spacial score (nSPS) is 18.2. The number of H-pyrrole nitrogens is 1. The third-order valence-corrected chi connectivity index (χ3v) is 14.2. The maximum Gasteiger partial charge on any atom is 0.262 e. The zero-order chi connectivity index (χ0) is 50.4. The number of ether oxygens (including phenoxy) is 2. The number of pyridine rings is 1. The lowest BCUT2D eigenvalue weighted by molar-refractivity contribution is -0.136. The summed E-state index contributed by atoms with van der Waals surface area (Å²) in [4.78, 5) is 102. The minimum absolute atomic E-state index is 0.0725. The van der Waals surface area contributed by atoms with Crippen molar-refractivity contribution in [2.45, 2.75) is 69.9 Å². The van der Waals surface area contributed by atoms with E-state index in [4.69, 9.17) is 26.1 Å². The third kappa shape index (κ3) is 10.9. The highest BCUT2D eigenvalue weighted by Gasteiger charge is 2.45. The molecule has 3 aromatic heterocycles. The number of imide groups is 2. The monoisotopic (exact) mass is 1010 g/mol. The number of para-hydroxylation sites is 1. The lowest BCUT2D eigenvalue weighted by atomic mass is 10.0. The molecule has 3 aromatic carbocycles. The van der Waals surface area contributed by atoms with Gasteiger partial charge < -0.3 is 29.6 Å². The molecule has 18 nitrogen and oxygen atoms in total. The van der Waals surface area contributed by atoms with E-state index in [0.29, 0.717) is 70.5 Å². The van der Waals surface area contributed by atoms with Crippen molar-refractivity contribution >= 4 is 69.6 Å². The Kier molecular flexibility index (Phi) is 14.7. The molecule has 1 unspecified atom stereocenters. The summed E-state index contributed by atoms with van der Waals surface area (Å²) in [5.74, 6) is 0.523. The second-order valence-corrected chi connectivity index (χ2v) is 19.2. The Bertz CT molecular complexity index is 3050. The van der Waals surface area contributed by atoms with E-state index in [1.165, 1.54) is 6.33 Å². The molecule has 2 atom stereocenters. The molecule has 10 rings (SSSR count). The van der Waals surface area contributed by atoms with Crippen LogP contribution in [0, 0.1) is 0 Å². The van der Waals surface area contributed by atoms with Crippen LogP contribution >= 0.6 is 11.6 Å². The number of hydrogen-bond donors (Lipinski definition) is 3. The number of aromatic nitrogens is 4. The summed E-state index contributed by atoms with van der Waals surface area (Å²) in [7, 11) is 0. The first kappa shape index (κ1) is 48.9. The van der Waals surface area contributed by atoms with Crippen molar-refractivity contribution in [1.82, 2.24) is 40.0 Å². The van der Waals surface area contributed by atoms with E-state index < -0.39 is 29.7 Å². The largest absolute Gasteiger partial charge is 0.494 e. The highest BCUT2D eigenvalue weighted by Crippen LogP contribution is 2.33. The molecule has 0 radical (unpaired) electrons. The molecule has 4 aliphatic rings. The van der Waals surface area contributed by atoms with E-state index in [2.05, 4.69) is 35.4 Å². The van der Waals surface area contributed by atoms with Crippen LogP contribution < -0.4 is 25.0 Å². The minimum Gasteiger partial charge on any atom is -0.494 e. The summed E-state index contributed by atoms with van der Waals surface area (Å²) in [5, 5.41) is 6.54. The summed E-state index contributed by atoms with van der Waals surface area (Å²) in [6, 6.07) is 21.8. The summed E-state index contributed by atoms with van der Waals surface area (Å²) >= 11 is 6.65. The van der Waals surface area contributed by atoms with E-state index in [-0.39, 0.29) is 46.7 Å². The van der Waals surface area contributed by atoms with E-state index in [1.54, 1.807) is 48.8 Å². The summed E-state index contributed by atoms with van der Waals surface area (Å²) in [6.07, 6.45) is 11.7. The Morgan fingerprint density at radius 2 is 1.56 bits per heavy atom. The van der Waals surface area contributed by atoms with Gasteiger partial charge in [0.2, 0.25) is 11.8 Å². The van der Waals surface area contributed by atoms with Gasteiger partial charge in [0.1, 0.15) is 46.9 Å². The average Bonchev–Trinajstić information content (AvgIpc) is 3.95. The van der Waals surface area contributed by atoms with Gasteiger partial charge in [0.25, 0.3) is 17.7 Å². The van der Waals surface area contributed by atoms with Gasteiger partial charge in [-0.2, -0.15) is 0 Å². The van der Waals surface area contributed by atoms with Gasteiger partial charge >= 0.3 is 0 Å². The molecular weight excluding hydrogens is 952 g/mol. The van der Waals surface area contributed by atoms with Gasteiger partial charge in [0.05, 0.1) is 39.3 Å². The molecule has 19 heteroatoms. The number of anilines is 2. The Labute approximate surface area is 426 Å². The number of unbranched alkanes of at least 4 members (excludes halogenated alkanes) is 4. The number of piperazine rings is 1. The first-order valence-electron chi connectivity index (χ1n) is 24.9. The number of carbonyl (C=O) groups is 6. The summed E-state index contributed by atoms with van der Waals surface area (Å²) < 4.78 is 11.8. The fraction of sp³-hybridized carbons (Fsp3) is 0.352. The van der Waals surface area contributed by atoms with Crippen molar-refractivity contribution in [2.75, 3.05) is 62.6 Å². The summed E-state index contributed by atoms with van der Waals surface area (Å²) in [5.41, 5.74) is 2.17. The number of rotatable bonds is 18. The van der Waals surface area contributed by atoms with Gasteiger partial charge in [-0.05, 0) is 93.2 Å². The van der Waals surface area contributed by atoms with Crippen LogP contribution in [0.2, 0.25) is 5.02 Å². The number of hydrogen-bond acceptors (Lipinski definition) is 14. The zero-order valence-corrected chi connectivity index (χ0v) is 40.9. The lowest BCUT2D eigenvalue weighted by Gasteiger charge is -2.35. The fourth-order valence-corrected chi connectivity index (χ4v) is 10.3. The topological polar surface area (TPSA) is 212 Å². The molecule has 6 aromatic rings. The minimum atomic E-state index is -0.999. The maximum absolute atomic E-state index is 14.0. The van der Waals surface area contributed by atoms with Crippen LogP contribution in [0.4, 0.5) is 11.6 Å². The molecule has 0 bridgehead atoms. The van der Waals surface area contributed by atoms with Crippen molar-refractivity contribution in [3.05, 3.63) is 130 Å². The second kappa shape index (κ2) is 22.0. The predicted molar refractivity (Wildman–Crippen MR) is 272 cm³/mol. The van der Waals surface area contributed by atoms with Crippen LogP contribution in [0.5, 0.6) is 17.2 Å². The molecule has 0 aliphatic carbocycles. The van der Waals surface area contributed by atoms with Gasteiger partial charge in [-0.1, -0.05) is 49.1 Å². The molecular formula is C54H55ClN10O8. The number of ketones is 1. The van der Waals surface area contributed by atoms with Crippen LogP contribution in [0.3, 0.4) is 0 Å². The molecule has 3 N–H and O–H groups in total. The Morgan fingerprint density at radius 1 is 0.767 bits per heavy atom. The lowest BCUT2D eigenvalue weighted by Crippen LogP contribution is -2.54. The molecule has 7 heterocycles. The molecule has 3 saturated heterocycles. The highest BCUT2D eigenvalue weighted by molar-refractivity contribution is 6.36. The number of halogens is 1. The number of carbonyl (C=O) groups excluding carboxylic acids is 6. The Balaban J connectivity index is 0.638. The van der Waals surface area contributed by atoms with Crippen LogP contribution in [0.15, 0.2) is 97.6 Å². The number of nitrogens with one attached hydrogen (secondary N) is 3. The van der Waals surface area contributed by atoms with Crippen molar-refractivity contribution < 1.29 is 38.2 Å². The van der Waals surface area contributed by atoms with E-state index >= 15 is 0 Å². The smallest absolute Gasteiger partial charge is 0.262 e. The second-order valence-electron chi connectivity index (χ2n) is 18.8. The van der Waals surface area contributed by atoms with Crippen molar-refractivity contribution in [1.29, 1.82) is 0 Å². The van der Waals surface area contributed by atoms with E-state index in [1.807, 2.05) is 47.4 Å². The average molecular weight is 1010 g/mol. The Hall–Kier alpha value is -7.70. The van der Waals surface area contributed by atoms with E-state index in [0.717, 1.165) is 88.4 Å². The quantitative estimate of drug-likeness (QED) is 0.0438. The number of fused-ring (bicyclic) bond motifs is 2. The van der Waals surface area contributed by atoms with Crippen molar-refractivity contribution in [3.8, 4) is 17.2 Å². The maximum atomic E-state index is 14.0. The molecule has 3 fully saturated rings. The number of amides is 5. The Morgan fingerprint density at radius 3 is 2.36 bits per heavy atom. The van der Waals surface area contributed by atoms with E-state index in [9.17, 15) is 28.8 Å². The zero-order valence-electron chi connectivity index (χ0n) is 40.2. The number of piperidine rings is 2. The van der Waals surface area contributed by atoms with Gasteiger partial charge in [0.15, 0.2) is 5.78 Å². The van der Waals surface area contributed by atoms with Gasteiger partial charge in [-0.15, -0.1) is 0 Å². The fourth-order valence-electron chi connectivity index (χ4n) is 10.0.